The van der Waals surface area contributed by atoms with Gasteiger partial charge in [-0.25, -0.2) is 0 Å². The summed E-state index contributed by atoms with van der Waals surface area (Å²) in [6, 6.07) is 1.94. The lowest BCUT2D eigenvalue weighted by Crippen LogP contribution is -2.41. The highest BCUT2D eigenvalue weighted by atomic mass is 16.1. The fourth-order valence-corrected chi connectivity index (χ4v) is 1.24. The fourth-order valence-electron chi connectivity index (χ4n) is 1.24. The minimum atomic E-state index is -0.324. The molecule has 0 aliphatic carbocycles. The fraction of sp³-hybridized carbons (Fsp3) is 0.692. The van der Waals surface area contributed by atoms with E-state index >= 15 is 0 Å². The van der Waals surface area contributed by atoms with E-state index in [1.807, 2.05) is 38.8 Å². The molecule has 96 valence electrons. The standard InChI is InChI=1S/C13H23N3O/c1-6-7-8-16(5)10-11(9-14)12(17)15-13(2,3)4/h10H,6-8H2,1-5H3,(H,15,17)/b11-10-. The Bertz CT molecular complexity index is 321. The van der Waals surface area contributed by atoms with Crippen LogP contribution in [-0.2, 0) is 4.79 Å². The molecule has 0 saturated heterocycles. The van der Waals surface area contributed by atoms with Crippen molar-refractivity contribution < 1.29 is 4.79 Å². The summed E-state index contributed by atoms with van der Waals surface area (Å²) >= 11 is 0. The molecule has 0 unspecified atom stereocenters. The summed E-state index contributed by atoms with van der Waals surface area (Å²) in [5.74, 6) is -0.316. The molecule has 1 N–H and O–H groups in total. The number of amides is 1. The van der Waals surface area contributed by atoms with Gasteiger partial charge in [-0.3, -0.25) is 4.79 Å². The molecule has 0 radical (unpaired) electrons. The Balaban J connectivity index is 4.56. The first-order valence-electron chi connectivity index (χ1n) is 5.95. The molecule has 0 heterocycles. The molecule has 4 heteroatoms. The summed E-state index contributed by atoms with van der Waals surface area (Å²) in [5.41, 5.74) is -0.173. The van der Waals surface area contributed by atoms with Gasteiger partial charge in [-0.2, -0.15) is 5.26 Å². The summed E-state index contributed by atoms with van der Waals surface area (Å²) in [7, 11) is 1.87. The van der Waals surface area contributed by atoms with Crippen LogP contribution < -0.4 is 5.32 Å². The van der Waals surface area contributed by atoms with Gasteiger partial charge < -0.3 is 10.2 Å². The van der Waals surface area contributed by atoms with Gasteiger partial charge in [-0.1, -0.05) is 13.3 Å². The highest BCUT2D eigenvalue weighted by Gasteiger charge is 2.17. The van der Waals surface area contributed by atoms with Crippen LogP contribution in [0.4, 0.5) is 0 Å². The molecule has 0 spiro atoms. The predicted octanol–water partition coefficient (Wildman–Crippen LogP) is 2.04. The third-order valence-corrected chi connectivity index (χ3v) is 2.07. The zero-order valence-corrected chi connectivity index (χ0v) is 11.5. The van der Waals surface area contributed by atoms with E-state index in [4.69, 9.17) is 5.26 Å². The molecule has 17 heavy (non-hydrogen) atoms. The van der Waals surface area contributed by atoms with Gasteiger partial charge >= 0.3 is 0 Å². The van der Waals surface area contributed by atoms with E-state index in [0.717, 1.165) is 19.4 Å². The third-order valence-electron chi connectivity index (χ3n) is 2.07. The largest absolute Gasteiger partial charge is 0.379 e. The topological polar surface area (TPSA) is 56.1 Å². The average molecular weight is 237 g/mol. The van der Waals surface area contributed by atoms with Crippen LogP contribution in [0.25, 0.3) is 0 Å². The summed E-state index contributed by atoms with van der Waals surface area (Å²) < 4.78 is 0. The maximum atomic E-state index is 11.8. The highest BCUT2D eigenvalue weighted by Crippen LogP contribution is 2.03. The van der Waals surface area contributed by atoms with Crippen LogP contribution in [0.2, 0.25) is 0 Å². The number of rotatable bonds is 5. The zero-order chi connectivity index (χ0) is 13.5. The second kappa shape index (κ2) is 6.95. The van der Waals surface area contributed by atoms with Crippen LogP contribution >= 0.6 is 0 Å². The van der Waals surface area contributed by atoms with E-state index in [1.54, 1.807) is 6.20 Å². The van der Waals surface area contributed by atoms with Crippen molar-refractivity contribution in [3.05, 3.63) is 11.8 Å². The minimum absolute atomic E-state index is 0.151. The SMILES string of the molecule is CCCCN(C)/C=C(/C#N)C(=O)NC(C)(C)C. The Hall–Kier alpha value is -1.50. The van der Waals surface area contributed by atoms with Crippen LogP contribution in [0.15, 0.2) is 11.8 Å². The number of carbonyl (C=O) groups is 1. The molecule has 0 aliphatic rings. The molecule has 0 aliphatic heterocycles. The number of hydrogen-bond donors (Lipinski definition) is 1. The van der Waals surface area contributed by atoms with Gasteiger partial charge in [0.25, 0.3) is 5.91 Å². The number of unbranched alkanes of at least 4 members (excludes halogenated alkanes) is 1. The summed E-state index contributed by atoms with van der Waals surface area (Å²) in [6.07, 6.45) is 3.75. The number of nitrogens with one attached hydrogen (secondary N) is 1. The Kier molecular flexibility index (Phi) is 6.34. The van der Waals surface area contributed by atoms with Crippen molar-refractivity contribution in [1.82, 2.24) is 10.2 Å². The monoisotopic (exact) mass is 237 g/mol. The molecule has 1 amide bonds. The molecule has 0 atom stereocenters. The Labute approximate surface area is 104 Å². The molecule has 0 rings (SSSR count). The van der Waals surface area contributed by atoms with Crippen LogP contribution in [0.1, 0.15) is 40.5 Å². The van der Waals surface area contributed by atoms with Crippen molar-refractivity contribution in [3.63, 3.8) is 0 Å². The number of nitriles is 1. The lowest BCUT2D eigenvalue weighted by atomic mass is 10.1. The molecular formula is C13H23N3O. The first kappa shape index (κ1) is 15.5. The van der Waals surface area contributed by atoms with E-state index in [2.05, 4.69) is 12.2 Å². The van der Waals surface area contributed by atoms with Crippen LogP contribution in [0.5, 0.6) is 0 Å². The molecule has 0 bridgehead atoms. The Morgan fingerprint density at radius 3 is 2.47 bits per heavy atom. The van der Waals surface area contributed by atoms with Gasteiger partial charge in [0.2, 0.25) is 0 Å². The van der Waals surface area contributed by atoms with E-state index in [1.165, 1.54) is 0 Å². The van der Waals surface area contributed by atoms with Crippen LogP contribution in [0.3, 0.4) is 0 Å². The number of nitrogens with zero attached hydrogens (tertiary/aromatic N) is 2. The van der Waals surface area contributed by atoms with Crippen molar-refractivity contribution in [2.24, 2.45) is 0 Å². The predicted molar refractivity (Wildman–Crippen MR) is 69.1 cm³/mol. The number of carbonyl (C=O) groups excluding carboxylic acids is 1. The van der Waals surface area contributed by atoms with Crippen LogP contribution in [0, 0.1) is 11.3 Å². The number of hydrogen-bond acceptors (Lipinski definition) is 3. The minimum Gasteiger partial charge on any atom is -0.379 e. The van der Waals surface area contributed by atoms with Gasteiger partial charge in [-0.05, 0) is 27.2 Å². The van der Waals surface area contributed by atoms with E-state index in [-0.39, 0.29) is 17.0 Å². The van der Waals surface area contributed by atoms with Gasteiger partial charge in [0, 0.05) is 25.3 Å². The molecule has 4 nitrogen and oxygen atoms in total. The normalized spacial score (nSPS) is 11.9. The van der Waals surface area contributed by atoms with E-state index in [9.17, 15) is 4.79 Å². The van der Waals surface area contributed by atoms with Crippen molar-refractivity contribution in [2.75, 3.05) is 13.6 Å². The second-order valence-electron chi connectivity index (χ2n) is 5.19. The van der Waals surface area contributed by atoms with Crippen molar-refractivity contribution >= 4 is 5.91 Å². The van der Waals surface area contributed by atoms with Gasteiger partial charge in [0.05, 0.1) is 0 Å². The van der Waals surface area contributed by atoms with Gasteiger partial charge in [-0.15, -0.1) is 0 Å². The quantitative estimate of drug-likeness (QED) is 0.588. The average Bonchev–Trinajstić information content (AvgIpc) is 2.20. The lowest BCUT2D eigenvalue weighted by Gasteiger charge is -2.21. The first-order valence-corrected chi connectivity index (χ1v) is 5.95. The summed E-state index contributed by atoms with van der Waals surface area (Å²) in [5, 5.41) is 11.7. The third kappa shape index (κ3) is 7.40. The van der Waals surface area contributed by atoms with E-state index < -0.39 is 0 Å². The van der Waals surface area contributed by atoms with Gasteiger partial charge in [0.1, 0.15) is 11.6 Å². The highest BCUT2D eigenvalue weighted by molar-refractivity contribution is 5.97. The smallest absolute Gasteiger partial charge is 0.263 e. The maximum Gasteiger partial charge on any atom is 0.263 e. The summed E-state index contributed by atoms with van der Waals surface area (Å²) in [4.78, 5) is 13.6. The van der Waals surface area contributed by atoms with Gasteiger partial charge in [0.15, 0.2) is 0 Å². The molecule has 0 aromatic rings. The lowest BCUT2D eigenvalue weighted by molar-refractivity contribution is -0.118. The summed E-state index contributed by atoms with van der Waals surface area (Å²) in [6.45, 7) is 8.63. The molecular weight excluding hydrogens is 214 g/mol. The van der Waals surface area contributed by atoms with Crippen LogP contribution in [-0.4, -0.2) is 29.9 Å². The second-order valence-corrected chi connectivity index (χ2v) is 5.19. The molecule has 0 aromatic heterocycles. The van der Waals surface area contributed by atoms with Crippen molar-refractivity contribution in [1.29, 1.82) is 5.26 Å². The zero-order valence-electron chi connectivity index (χ0n) is 11.5. The van der Waals surface area contributed by atoms with Crippen molar-refractivity contribution in [2.45, 2.75) is 46.1 Å². The Morgan fingerprint density at radius 2 is 2.06 bits per heavy atom. The molecule has 0 fully saturated rings. The Morgan fingerprint density at radius 1 is 1.47 bits per heavy atom. The molecule has 0 saturated carbocycles. The van der Waals surface area contributed by atoms with E-state index in [0.29, 0.717) is 0 Å². The molecule has 0 aromatic carbocycles. The first-order chi connectivity index (χ1) is 7.80. The van der Waals surface area contributed by atoms with Crippen molar-refractivity contribution in [3.8, 4) is 6.07 Å². The maximum absolute atomic E-state index is 11.8.